The van der Waals surface area contributed by atoms with Crippen LogP contribution in [-0.4, -0.2) is 28.6 Å². The fraction of sp³-hybridized carbons (Fsp3) is 0.529. The molecule has 4 heteroatoms. The van der Waals surface area contributed by atoms with E-state index >= 15 is 0 Å². The van der Waals surface area contributed by atoms with Crippen molar-refractivity contribution in [2.45, 2.75) is 51.6 Å². The van der Waals surface area contributed by atoms with Crippen molar-refractivity contribution in [3.63, 3.8) is 0 Å². The highest BCUT2D eigenvalue weighted by atomic mass is 15.2. The van der Waals surface area contributed by atoms with E-state index in [1.807, 2.05) is 24.3 Å². The van der Waals surface area contributed by atoms with Crippen LogP contribution in [0.15, 0.2) is 24.3 Å². The zero-order valence-corrected chi connectivity index (χ0v) is 12.9. The maximum absolute atomic E-state index is 6.04. The molecule has 2 aromatic rings. The molecule has 21 heavy (non-hydrogen) atoms. The lowest BCUT2D eigenvalue weighted by atomic mass is 9.90. The van der Waals surface area contributed by atoms with Gasteiger partial charge in [-0.2, -0.15) is 0 Å². The number of benzene rings is 1. The summed E-state index contributed by atoms with van der Waals surface area (Å²) in [4.78, 5) is 12.0. The number of hydrogen-bond acceptors (Lipinski definition) is 4. The maximum atomic E-state index is 6.04. The van der Waals surface area contributed by atoms with Crippen molar-refractivity contribution in [3.8, 4) is 0 Å². The summed E-state index contributed by atoms with van der Waals surface area (Å²) < 4.78 is 0. The zero-order valence-electron chi connectivity index (χ0n) is 12.9. The first-order chi connectivity index (χ1) is 10.2. The third kappa shape index (κ3) is 2.86. The minimum Gasteiger partial charge on any atom is -0.352 e. The van der Waals surface area contributed by atoms with Gasteiger partial charge in [-0.3, -0.25) is 0 Å². The van der Waals surface area contributed by atoms with Gasteiger partial charge in [-0.15, -0.1) is 0 Å². The van der Waals surface area contributed by atoms with Gasteiger partial charge in [0.25, 0.3) is 0 Å². The average Bonchev–Trinajstić information content (AvgIpc) is 2.50. The first-order valence-electron chi connectivity index (χ1n) is 7.94. The number of nitrogens with two attached hydrogens (primary N) is 1. The number of aryl methyl sites for hydroxylation is 1. The Morgan fingerprint density at radius 1 is 1.10 bits per heavy atom. The van der Waals surface area contributed by atoms with Gasteiger partial charge in [-0.1, -0.05) is 12.1 Å². The molecule has 1 heterocycles. The highest BCUT2D eigenvalue weighted by Gasteiger charge is 2.25. The Hall–Kier alpha value is -1.68. The van der Waals surface area contributed by atoms with Gasteiger partial charge in [0.1, 0.15) is 0 Å². The topological polar surface area (TPSA) is 55.0 Å². The predicted octanol–water partition coefficient (Wildman–Crippen LogP) is 3.03. The highest BCUT2D eigenvalue weighted by Crippen LogP contribution is 2.28. The van der Waals surface area contributed by atoms with Gasteiger partial charge in [-0.05, 0) is 51.7 Å². The van der Waals surface area contributed by atoms with Crippen molar-refractivity contribution >= 4 is 16.9 Å². The smallest absolute Gasteiger partial charge is 0.151 e. The zero-order chi connectivity index (χ0) is 14.8. The van der Waals surface area contributed by atoms with E-state index in [4.69, 9.17) is 15.7 Å². The first-order valence-corrected chi connectivity index (χ1v) is 7.94. The summed E-state index contributed by atoms with van der Waals surface area (Å²) in [7, 11) is 0. The summed E-state index contributed by atoms with van der Waals surface area (Å²) in [5.41, 5.74) is 9.00. The molecule has 1 aliphatic rings. The fourth-order valence-corrected chi connectivity index (χ4v) is 3.35. The molecule has 0 radical (unpaired) electrons. The molecule has 112 valence electrons. The average molecular weight is 284 g/mol. The van der Waals surface area contributed by atoms with Crippen LogP contribution in [0.1, 0.15) is 38.3 Å². The number of para-hydroxylation sites is 2. The second-order valence-electron chi connectivity index (χ2n) is 5.98. The molecule has 1 saturated carbocycles. The molecule has 0 amide bonds. The van der Waals surface area contributed by atoms with Gasteiger partial charge in [-0.25, -0.2) is 9.97 Å². The first kappa shape index (κ1) is 14.3. The van der Waals surface area contributed by atoms with Crippen LogP contribution in [0, 0.1) is 6.92 Å². The van der Waals surface area contributed by atoms with Crippen LogP contribution in [-0.2, 0) is 0 Å². The van der Waals surface area contributed by atoms with Gasteiger partial charge in [0.2, 0.25) is 0 Å². The number of hydrogen-bond donors (Lipinski definition) is 1. The van der Waals surface area contributed by atoms with Crippen molar-refractivity contribution in [2.24, 2.45) is 5.73 Å². The lowest BCUT2D eigenvalue weighted by Gasteiger charge is -2.36. The van der Waals surface area contributed by atoms with Crippen LogP contribution < -0.4 is 10.6 Å². The molecule has 0 saturated heterocycles. The third-order valence-corrected chi connectivity index (χ3v) is 4.51. The molecule has 0 unspecified atom stereocenters. The molecular weight excluding hydrogens is 260 g/mol. The van der Waals surface area contributed by atoms with Crippen molar-refractivity contribution < 1.29 is 0 Å². The second-order valence-corrected chi connectivity index (χ2v) is 5.98. The molecule has 1 aromatic heterocycles. The van der Waals surface area contributed by atoms with E-state index in [0.717, 1.165) is 54.8 Å². The number of anilines is 1. The minimum absolute atomic E-state index is 0.378. The number of fused-ring (bicyclic) bond motifs is 1. The largest absolute Gasteiger partial charge is 0.352 e. The Morgan fingerprint density at radius 2 is 1.71 bits per heavy atom. The van der Waals surface area contributed by atoms with Gasteiger partial charge in [0.05, 0.1) is 16.7 Å². The van der Waals surface area contributed by atoms with Crippen LogP contribution in [0.2, 0.25) is 0 Å². The predicted molar refractivity (Wildman–Crippen MR) is 87.5 cm³/mol. The molecule has 4 nitrogen and oxygen atoms in total. The molecule has 1 aromatic carbocycles. The van der Waals surface area contributed by atoms with E-state index in [1.54, 1.807) is 0 Å². The summed E-state index contributed by atoms with van der Waals surface area (Å²) in [5, 5.41) is 0. The van der Waals surface area contributed by atoms with Gasteiger partial charge < -0.3 is 10.6 Å². The molecule has 0 aliphatic heterocycles. The third-order valence-electron chi connectivity index (χ3n) is 4.51. The SMILES string of the molecule is CCN(c1nc2ccccc2nc1C)C1CCC(N)CC1. The summed E-state index contributed by atoms with van der Waals surface area (Å²) in [5.74, 6) is 1.04. The van der Waals surface area contributed by atoms with Crippen LogP contribution in [0.25, 0.3) is 11.0 Å². The Bertz CT molecular complexity index is 617. The molecule has 0 spiro atoms. The molecule has 1 aliphatic carbocycles. The molecule has 3 rings (SSSR count). The number of nitrogens with zero attached hydrogens (tertiary/aromatic N) is 3. The molecule has 0 atom stereocenters. The summed E-state index contributed by atoms with van der Waals surface area (Å²) in [6.45, 7) is 5.23. The normalized spacial score (nSPS) is 22.4. The van der Waals surface area contributed by atoms with E-state index in [1.165, 1.54) is 0 Å². The van der Waals surface area contributed by atoms with Gasteiger partial charge in [0.15, 0.2) is 5.82 Å². The van der Waals surface area contributed by atoms with Gasteiger partial charge >= 0.3 is 0 Å². The Morgan fingerprint density at radius 3 is 2.33 bits per heavy atom. The number of rotatable bonds is 3. The van der Waals surface area contributed by atoms with E-state index in [9.17, 15) is 0 Å². The molecule has 2 N–H and O–H groups in total. The Kier molecular flexibility index (Phi) is 4.06. The second kappa shape index (κ2) is 5.98. The monoisotopic (exact) mass is 284 g/mol. The van der Waals surface area contributed by atoms with E-state index in [0.29, 0.717) is 12.1 Å². The van der Waals surface area contributed by atoms with Crippen molar-refractivity contribution in [2.75, 3.05) is 11.4 Å². The van der Waals surface area contributed by atoms with E-state index in [2.05, 4.69) is 18.7 Å². The fourth-order valence-electron chi connectivity index (χ4n) is 3.35. The van der Waals surface area contributed by atoms with E-state index < -0.39 is 0 Å². The molecular formula is C17H24N4. The molecule has 1 fully saturated rings. The lowest BCUT2D eigenvalue weighted by Crippen LogP contribution is -2.41. The highest BCUT2D eigenvalue weighted by molar-refractivity contribution is 5.76. The summed E-state index contributed by atoms with van der Waals surface area (Å²) in [6, 6.07) is 9.01. The van der Waals surface area contributed by atoms with Crippen LogP contribution in [0.5, 0.6) is 0 Å². The van der Waals surface area contributed by atoms with Crippen LogP contribution in [0.4, 0.5) is 5.82 Å². The summed E-state index contributed by atoms with van der Waals surface area (Å²) in [6.07, 6.45) is 4.54. The molecule has 0 bridgehead atoms. The van der Waals surface area contributed by atoms with Crippen molar-refractivity contribution in [1.82, 2.24) is 9.97 Å². The van der Waals surface area contributed by atoms with Crippen LogP contribution in [0.3, 0.4) is 0 Å². The Balaban J connectivity index is 1.94. The standard InChI is InChI=1S/C17H24N4/c1-3-21(14-10-8-13(18)9-11-14)17-12(2)19-15-6-4-5-7-16(15)20-17/h4-7,13-14H,3,8-11,18H2,1-2H3. The maximum Gasteiger partial charge on any atom is 0.151 e. The van der Waals surface area contributed by atoms with Crippen LogP contribution >= 0.6 is 0 Å². The van der Waals surface area contributed by atoms with Crippen molar-refractivity contribution in [1.29, 1.82) is 0 Å². The van der Waals surface area contributed by atoms with Gasteiger partial charge in [0, 0.05) is 18.6 Å². The summed E-state index contributed by atoms with van der Waals surface area (Å²) >= 11 is 0. The lowest BCUT2D eigenvalue weighted by molar-refractivity contribution is 0.376. The quantitative estimate of drug-likeness (QED) is 0.941. The Labute approximate surface area is 126 Å². The minimum atomic E-state index is 0.378. The number of aromatic nitrogens is 2. The van der Waals surface area contributed by atoms with E-state index in [-0.39, 0.29) is 0 Å². The van der Waals surface area contributed by atoms with Crippen molar-refractivity contribution in [3.05, 3.63) is 30.0 Å².